The van der Waals surface area contributed by atoms with Crippen LogP contribution >= 0.6 is 11.6 Å². The Morgan fingerprint density at radius 2 is 2.07 bits per heavy atom. The van der Waals surface area contributed by atoms with Crippen molar-refractivity contribution in [1.29, 1.82) is 0 Å². The summed E-state index contributed by atoms with van der Waals surface area (Å²) in [6.07, 6.45) is 3.43. The van der Waals surface area contributed by atoms with Crippen LogP contribution in [-0.4, -0.2) is 72.1 Å². The van der Waals surface area contributed by atoms with E-state index in [-0.39, 0.29) is 29.6 Å². The molecule has 2 unspecified atom stereocenters. The zero-order chi connectivity index (χ0) is 19.6. The molecule has 1 N–H and O–H groups in total. The SMILES string of the molecule is CN(CC(=O)O)C1CCCN(C2CCN(c3ccc(F)c(Cl)c3)C2=O)CC1. The van der Waals surface area contributed by atoms with E-state index in [4.69, 9.17) is 16.7 Å². The lowest BCUT2D eigenvalue weighted by Gasteiger charge is -2.28. The van der Waals surface area contributed by atoms with Gasteiger partial charge in [0.2, 0.25) is 5.91 Å². The first-order valence-corrected chi connectivity index (χ1v) is 9.67. The number of likely N-dealkylation sites (N-methyl/N-ethyl adjacent to an activating group) is 1. The number of hydrogen-bond acceptors (Lipinski definition) is 4. The molecule has 1 amide bonds. The molecule has 0 aromatic heterocycles. The first-order chi connectivity index (χ1) is 12.9. The number of likely N-dealkylation sites (tertiary alicyclic amines) is 1. The zero-order valence-corrected chi connectivity index (χ0v) is 16.2. The van der Waals surface area contributed by atoms with Gasteiger partial charge in [0.1, 0.15) is 5.82 Å². The highest BCUT2D eigenvalue weighted by Crippen LogP contribution is 2.29. The van der Waals surface area contributed by atoms with E-state index in [1.54, 1.807) is 11.0 Å². The molecule has 0 bridgehead atoms. The first kappa shape index (κ1) is 20.0. The number of aliphatic carboxylic acids is 1. The molecule has 0 saturated carbocycles. The van der Waals surface area contributed by atoms with Crippen molar-refractivity contribution in [2.45, 2.75) is 37.8 Å². The van der Waals surface area contributed by atoms with Gasteiger partial charge in [-0.25, -0.2) is 4.39 Å². The maximum Gasteiger partial charge on any atom is 0.317 e. The predicted octanol–water partition coefficient (Wildman–Crippen LogP) is 2.46. The van der Waals surface area contributed by atoms with Crippen molar-refractivity contribution in [1.82, 2.24) is 9.80 Å². The summed E-state index contributed by atoms with van der Waals surface area (Å²) in [4.78, 5) is 29.6. The molecule has 1 aromatic rings. The van der Waals surface area contributed by atoms with E-state index in [1.807, 2.05) is 11.9 Å². The van der Waals surface area contributed by atoms with Crippen molar-refractivity contribution in [3.05, 3.63) is 29.0 Å². The van der Waals surface area contributed by atoms with Crippen LogP contribution in [0.2, 0.25) is 5.02 Å². The number of nitrogens with zero attached hydrogens (tertiary/aromatic N) is 3. The quantitative estimate of drug-likeness (QED) is 0.826. The second kappa shape index (κ2) is 8.54. The molecule has 2 saturated heterocycles. The smallest absolute Gasteiger partial charge is 0.317 e. The monoisotopic (exact) mass is 397 g/mol. The Morgan fingerprint density at radius 1 is 1.30 bits per heavy atom. The number of hydrogen-bond donors (Lipinski definition) is 1. The molecule has 27 heavy (non-hydrogen) atoms. The number of carbonyl (C=O) groups is 2. The molecule has 8 heteroatoms. The van der Waals surface area contributed by atoms with Crippen LogP contribution in [0, 0.1) is 5.82 Å². The van der Waals surface area contributed by atoms with Gasteiger partial charge in [0.05, 0.1) is 17.6 Å². The number of carboxylic acid groups (broad SMARTS) is 1. The first-order valence-electron chi connectivity index (χ1n) is 9.29. The number of amides is 1. The Labute approximate surface area is 163 Å². The highest BCUT2D eigenvalue weighted by Gasteiger charge is 2.37. The minimum Gasteiger partial charge on any atom is -0.480 e. The Bertz CT molecular complexity index is 717. The van der Waals surface area contributed by atoms with Crippen LogP contribution in [0.4, 0.5) is 10.1 Å². The van der Waals surface area contributed by atoms with Gasteiger partial charge in [0.15, 0.2) is 0 Å². The predicted molar refractivity (Wildman–Crippen MR) is 102 cm³/mol. The summed E-state index contributed by atoms with van der Waals surface area (Å²) in [5.41, 5.74) is 0.628. The fourth-order valence-corrected chi connectivity index (χ4v) is 4.28. The third-order valence-corrected chi connectivity index (χ3v) is 5.86. The Kier molecular flexibility index (Phi) is 6.34. The van der Waals surface area contributed by atoms with Crippen molar-refractivity contribution in [3.8, 4) is 0 Å². The standard InChI is InChI=1S/C19H25ClFN3O3/c1-22(12-18(25)26)13-3-2-8-23(9-6-13)17-7-10-24(19(17)27)14-4-5-16(21)15(20)11-14/h4-5,11,13,17H,2-3,6-10,12H2,1H3,(H,25,26). The van der Waals surface area contributed by atoms with Gasteiger partial charge in [-0.15, -0.1) is 0 Å². The molecule has 2 fully saturated rings. The number of carbonyl (C=O) groups excluding carboxylic acids is 1. The van der Waals surface area contributed by atoms with Gasteiger partial charge in [0.25, 0.3) is 0 Å². The van der Waals surface area contributed by atoms with E-state index < -0.39 is 11.8 Å². The topological polar surface area (TPSA) is 64.1 Å². The van der Waals surface area contributed by atoms with Crippen molar-refractivity contribution < 1.29 is 19.1 Å². The molecule has 2 aliphatic rings. The molecule has 0 radical (unpaired) electrons. The van der Waals surface area contributed by atoms with Crippen LogP contribution in [0.25, 0.3) is 0 Å². The third-order valence-electron chi connectivity index (χ3n) is 5.57. The number of rotatable bonds is 5. The lowest BCUT2D eigenvalue weighted by Crippen LogP contribution is -2.43. The number of carboxylic acids is 1. The van der Waals surface area contributed by atoms with Gasteiger partial charge in [-0.3, -0.25) is 19.4 Å². The van der Waals surface area contributed by atoms with E-state index in [0.717, 1.165) is 38.8 Å². The molecule has 0 aliphatic carbocycles. The van der Waals surface area contributed by atoms with E-state index in [0.29, 0.717) is 12.2 Å². The summed E-state index contributed by atoms with van der Waals surface area (Å²) >= 11 is 5.86. The van der Waals surface area contributed by atoms with Gasteiger partial charge in [-0.05, 0) is 57.5 Å². The fourth-order valence-electron chi connectivity index (χ4n) is 4.11. The van der Waals surface area contributed by atoms with Gasteiger partial charge in [-0.1, -0.05) is 11.6 Å². The molecule has 6 nitrogen and oxygen atoms in total. The molecule has 1 aromatic carbocycles. The second-order valence-electron chi connectivity index (χ2n) is 7.32. The average Bonchev–Trinajstić information content (AvgIpc) is 2.83. The van der Waals surface area contributed by atoms with Crippen molar-refractivity contribution in [2.75, 3.05) is 38.1 Å². The van der Waals surface area contributed by atoms with Crippen molar-refractivity contribution >= 4 is 29.2 Å². The summed E-state index contributed by atoms with van der Waals surface area (Å²) < 4.78 is 13.4. The Hall–Kier alpha value is -1.70. The van der Waals surface area contributed by atoms with E-state index in [2.05, 4.69) is 4.90 Å². The lowest BCUT2D eigenvalue weighted by atomic mass is 10.1. The normalized spacial score (nSPS) is 24.4. The Balaban J connectivity index is 1.63. The minimum atomic E-state index is -0.821. The third kappa shape index (κ3) is 4.59. The molecule has 2 aliphatic heterocycles. The van der Waals surface area contributed by atoms with Crippen LogP contribution in [0.1, 0.15) is 25.7 Å². The molecular weight excluding hydrogens is 373 g/mol. The summed E-state index contributed by atoms with van der Waals surface area (Å²) in [5, 5.41) is 9.00. The number of halogens is 2. The van der Waals surface area contributed by atoms with E-state index in [9.17, 15) is 14.0 Å². The lowest BCUT2D eigenvalue weighted by molar-refractivity contribution is -0.138. The fraction of sp³-hybridized carbons (Fsp3) is 0.579. The molecule has 3 rings (SSSR count). The van der Waals surface area contributed by atoms with Crippen molar-refractivity contribution in [2.24, 2.45) is 0 Å². The maximum absolute atomic E-state index is 13.4. The minimum absolute atomic E-state index is 0.0165. The molecule has 148 valence electrons. The second-order valence-corrected chi connectivity index (χ2v) is 7.73. The van der Waals surface area contributed by atoms with Crippen LogP contribution in [0.5, 0.6) is 0 Å². The van der Waals surface area contributed by atoms with E-state index >= 15 is 0 Å². The highest BCUT2D eigenvalue weighted by atomic mass is 35.5. The largest absolute Gasteiger partial charge is 0.480 e. The van der Waals surface area contributed by atoms with Crippen LogP contribution < -0.4 is 4.90 Å². The number of benzene rings is 1. The molecular formula is C19H25ClFN3O3. The van der Waals surface area contributed by atoms with Gasteiger partial charge in [-0.2, -0.15) is 0 Å². The maximum atomic E-state index is 13.4. The zero-order valence-electron chi connectivity index (χ0n) is 15.4. The van der Waals surface area contributed by atoms with Crippen molar-refractivity contribution in [3.63, 3.8) is 0 Å². The Morgan fingerprint density at radius 3 is 2.78 bits per heavy atom. The van der Waals surface area contributed by atoms with Crippen LogP contribution in [0.15, 0.2) is 18.2 Å². The van der Waals surface area contributed by atoms with Crippen LogP contribution in [0.3, 0.4) is 0 Å². The summed E-state index contributed by atoms with van der Waals surface area (Å²) in [7, 11) is 1.84. The highest BCUT2D eigenvalue weighted by molar-refractivity contribution is 6.31. The summed E-state index contributed by atoms with van der Waals surface area (Å²) in [5.74, 6) is -1.29. The van der Waals surface area contributed by atoms with E-state index in [1.165, 1.54) is 12.1 Å². The molecule has 2 atom stereocenters. The van der Waals surface area contributed by atoms with Gasteiger partial charge >= 0.3 is 5.97 Å². The van der Waals surface area contributed by atoms with Gasteiger partial charge < -0.3 is 10.0 Å². The average molecular weight is 398 g/mol. The summed E-state index contributed by atoms with van der Waals surface area (Å²) in [6.45, 7) is 2.21. The number of anilines is 1. The molecule has 2 heterocycles. The molecule has 0 spiro atoms. The summed E-state index contributed by atoms with van der Waals surface area (Å²) in [6, 6.07) is 4.40. The van der Waals surface area contributed by atoms with Crippen LogP contribution in [-0.2, 0) is 9.59 Å². The van der Waals surface area contributed by atoms with Gasteiger partial charge in [0, 0.05) is 24.8 Å².